The van der Waals surface area contributed by atoms with Crippen LogP contribution in [0.5, 0.6) is 5.75 Å². The fraction of sp³-hybridized carbons (Fsp3) is 0.535. The normalized spacial score (nSPS) is 35.7. The summed E-state index contributed by atoms with van der Waals surface area (Å²) in [7, 11) is 3.27. The van der Waals surface area contributed by atoms with Crippen molar-refractivity contribution in [2.24, 2.45) is 33.5 Å². The first-order valence-electron chi connectivity index (χ1n) is 19.0. The van der Waals surface area contributed by atoms with Crippen molar-refractivity contribution in [2.45, 2.75) is 76.9 Å². The SMILES string of the molecule is COCCCN(C[C@]1(O)CC[C@H]2[C@]34C=C[C@@]5(C=C3C(=O)c3cc6ccccc6s3)CC(O)CC[C@]5(C)[C@H]4CC[C@@]21C)C(=O)Nc1ccc(OC)cc1. The second kappa shape index (κ2) is 12.8. The molecule has 2 bridgehead atoms. The van der Waals surface area contributed by atoms with Crippen molar-refractivity contribution in [2.75, 3.05) is 39.2 Å². The highest BCUT2D eigenvalue weighted by Crippen LogP contribution is 2.78. The maximum absolute atomic E-state index is 15.1. The summed E-state index contributed by atoms with van der Waals surface area (Å²) in [6, 6.07) is 17.2. The van der Waals surface area contributed by atoms with E-state index in [1.807, 2.05) is 42.5 Å². The molecular formula is C43H52N2O6S. The van der Waals surface area contributed by atoms with Gasteiger partial charge in [0.15, 0.2) is 5.78 Å². The van der Waals surface area contributed by atoms with E-state index in [1.165, 1.54) is 0 Å². The third kappa shape index (κ3) is 5.17. The van der Waals surface area contributed by atoms with Gasteiger partial charge in [0.05, 0.1) is 30.2 Å². The molecule has 6 aliphatic carbocycles. The Morgan fingerprint density at radius 3 is 2.44 bits per heavy atom. The number of carbonyl (C=O) groups is 2. The van der Waals surface area contributed by atoms with Crippen molar-refractivity contribution in [3.8, 4) is 5.75 Å². The number of ketones is 1. The van der Waals surface area contributed by atoms with Crippen molar-refractivity contribution in [3.05, 3.63) is 83.3 Å². The lowest BCUT2D eigenvalue weighted by molar-refractivity contribution is -0.174. The van der Waals surface area contributed by atoms with Crippen LogP contribution in [-0.2, 0) is 4.74 Å². The largest absolute Gasteiger partial charge is 0.497 e. The second-order valence-electron chi connectivity index (χ2n) is 16.7. The average Bonchev–Trinajstić information content (AvgIpc) is 3.69. The molecule has 2 amide bonds. The minimum absolute atomic E-state index is 0.00275. The highest BCUT2D eigenvalue weighted by Gasteiger charge is 2.74. The third-order valence-corrected chi connectivity index (χ3v) is 15.6. The zero-order valence-electron chi connectivity index (χ0n) is 30.8. The summed E-state index contributed by atoms with van der Waals surface area (Å²) in [6.45, 7) is 5.76. The number of urea groups is 1. The molecule has 2 aromatic carbocycles. The van der Waals surface area contributed by atoms with Crippen LogP contribution in [0.2, 0.25) is 0 Å². The van der Waals surface area contributed by atoms with Gasteiger partial charge < -0.3 is 29.9 Å². The van der Waals surface area contributed by atoms with Crippen molar-refractivity contribution >= 4 is 38.9 Å². The molecule has 52 heavy (non-hydrogen) atoms. The van der Waals surface area contributed by atoms with Crippen LogP contribution in [0.15, 0.2) is 78.4 Å². The molecule has 276 valence electrons. The number of aliphatic hydroxyl groups is 2. The summed E-state index contributed by atoms with van der Waals surface area (Å²) in [4.78, 5) is 31.5. The van der Waals surface area contributed by atoms with Crippen molar-refractivity contribution < 1.29 is 29.3 Å². The van der Waals surface area contributed by atoms with Gasteiger partial charge in [-0.3, -0.25) is 4.79 Å². The summed E-state index contributed by atoms with van der Waals surface area (Å²) >= 11 is 1.56. The maximum atomic E-state index is 15.1. The van der Waals surface area contributed by atoms with Crippen LogP contribution in [0.1, 0.15) is 74.9 Å². The molecule has 1 heterocycles. The highest BCUT2D eigenvalue weighted by atomic mass is 32.1. The van der Waals surface area contributed by atoms with Gasteiger partial charge in [0.25, 0.3) is 0 Å². The predicted octanol–water partition coefficient (Wildman–Crippen LogP) is 8.25. The van der Waals surface area contributed by atoms with Gasteiger partial charge in [-0.25, -0.2) is 4.79 Å². The lowest BCUT2D eigenvalue weighted by atomic mass is 9.32. The van der Waals surface area contributed by atoms with Gasteiger partial charge in [-0.05, 0) is 110 Å². The summed E-state index contributed by atoms with van der Waals surface area (Å²) < 4.78 is 11.8. The third-order valence-electron chi connectivity index (χ3n) is 14.5. The lowest BCUT2D eigenvalue weighted by Crippen LogP contribution is -2.67. The van der Waals surface area contributed by atoms with Crippen LogP contribution < -0.4 is 10.1 Å². The molecule has 6 aliphatic rings. The molecule has 8 nitrogen and oxygen atoms in total. The maximum Gasteiger partial charge on any atom is 0.321 e. The molecular weight excluding hydrogens is 673 g/mol. The molecule has 2 spiro atoms. The molecule has 1 aromatic heterocycles. The van der Waals surface area contributed by atoms with E-state index in [0.29, 0.717) is 43.9 Å². The number of nitrogens with one attached hydrogen (secondary N) is 1. The standard InChI is InChI=1S/C43H52N2O6S/c1-39-17-14-30(46)25-41(39)20-21-43(32(26-41)37(47)34-24-28-8-5-6-9-33(28)52-34)35(39)15-18-40(2)36(43)16-19-42(40,49)27-45(22-7-23-50-3)38(48)44-29-10-12-31(51-4)13-11-29/h5-6,8-13,20-21,24,26,30,35-36,46,49H,7,14-19,22-23,25,27H2,1-4H3,(H,44,48)/t30?,35-,36-,39-,40+,41+,42-,43-/m1/s1. The molecule has 8 atom stereocenters. The van der Waals surface area contributed by atoms with E-state index in [0.717, 1.165) is 52.6 Å². The quantitative estimate of drug-likeness (QED) is 0.110. The van der Waals surface area contributed by atoms with Gasteiger partial charge in [-0.1, -0.05) is 50.3 Å². The van der Waals surface area contributed by atoms with Crippen molar-refractivity contribution in [1.82, 2.24) is 4.90 Å². The van der Waals surface area contributed by atoms with E-state index in [2.05, 4.69) is 49.5 Å². The molecule has 1 unspecified atom stereocenters. The molecule has 0 saturated heterocycles. The molecule has 3 aromatic rings. The first kappa shape index (κ1) is 35.5. The molecule has 3 saturated carbocycles. The Morgan fingerprint density at radius 2 is 1.69 bits per heavy atom. The number of rotatable bonds is 10. The number of methoxy groups -OCH3 is 2. The number of nitrogens with zero attached hydrogens (tertiary/aromatic N) is 1. The van der Waals surface area contributed by atoms with Gasteiger partial charge in [0, 0.05) is 52.5 Å². The fourth-order valence-electron chi connectivity index (χ4n) is 11.7. The van der Waals surface area contributed by atoms with E-state index in [9.17, 15) is 15.0 Å². The average molecular weight is 725 g/mol. The minimum Gasteiger partial charge on any atom is -0.497 e. The van der Waals surface area contributed by atoms with Crippen LogP contribution in [0.4, 0.5) is 10.5 Å². The Labute approximate surface area is 310 Å². The minimum atomic E-state index is -1.17. The number of hydrogen-bond donors (Lipinski definition) is 3. The first-order chi connectivity index (χ1) is 24.9. The second-order valence-corrected chi connectivity index (χ2v) is 17.8. The van der Waals surface area contributed by atoms with E-state index in [-0.39, 0.29) is 41.0 Å². The number of aliphatic hydroxyl groups excluding tert-OH is 1. The number of benzene rings is 2. The van der Waals surface area contributed by atoms with E-state index in [4.69, 9.17) is 9.47 Å². The Kier molecular flexibility index (Phi) is 8.76. The van der Waals surface area contributed by atoms with Crippen LogP contribution in [0, 0.1) is 33.5 Å². The Balaban J connectivity index is 1.17. The van der Waals surface area contributed by atoms with Crippen LogP contribution in [0.25, 0.3) is 10.1 Å². The highest BCUT2D eigenvalue weighted by molar-refractivity contribution is 7.21. The van der Waals surface area contributed by atoms with Crippen LogP contribution >= 0.6 is 11.3 Å². The number of carbonyl (C=O) groups excluding carboxylic acids is 2. The number of thiophene rings is 1. The first-order valence-corrected chi connectivity index (χ1v) is 19.8. The fourth-order valence-corrected chi connectivity index (χ4v) is 12.7. The van der Waals surface area contributed by atoms with Crippen LogP contribution in [-0.4, -0.2) is 72.5 Å². The number of amides is 2. The Hall–Kier alpha value is -3.50. The molecule has 3 N–H and O–H groups in total. The summed E-state index contributed by atoms with van der Waals surface area (Å²) in [5.41, 5.74) is -1.28. The molecule has 3 fully saturated rings. The predicted molar refractivity (Wildman–Crippen MR) is 205 cm³/mol. The number of hydrogen-bond acceptors (Lipinski definition) is 7. The molecule has 0 radical (unpaired) electrons. The van der Waals surface area contributed by atoms with E-state index in [1.54, 1.807) is 30.5 Å². The Morgan fingerprint density at radius 1 is 0.962 bits per heavy atom. The topological polar surface area (TPSA) is 108 Å². The van der Waals surface area contributed by atoms with Crippen LogP contribution in [0.3, 0.4) is 0 Å². The van der Waals surface area contributed by atoms with E-state index >= 15 is 4.79 Å². The lowest BCUT2D eigenvalue weighted by Gasteiger charge is -2.71. The van der Waals surface area contributed by atoms with Gasteiger partial charge in [-0.2, -0.15) is 0 Å². The van der Waals surface area contributed by atoms with Gasteiger partial charge in [0.1, 0.15) is 5.75 Å². The number of ether oxygens (including phenoxy) is 2. The van der Waals surface area contributed by atoms with Crippen molar-refractivity contribution in [3.63, 3.8) is 0 Å². The van der Waals surface area contributed by atoms with Gasteiger partial charge in [0.2, 0.25) is 0 Å². The summed E-state index contributed by atoms with van der Waals surface area (Å²) in [5, 5.41) is 28.2. The zero-order chi connectivity index (χ0) is 36.5. The number of fused-ring (bicyclic) bond motifs is 2. The molecule has 9 rings (SSSR count). The number of anilines is 1. The van der Waals surface area contributed by atoms with Crippen molar-refractivity contribution in [1.29, 1.82) is 0 Å². The molecule has 0 aliphatic heterocycles. The Bertz CT molecular complexity index is 1910. The van der Waals surface area contributed by atoms with E-state index < -0.39 is 22.5 Å². The zero-order valence-corrected chi connectivity index (χ0v) is 31.6. The number of Topliss-reactive ketones (excluding diaryl/α,β-unsaturated/α-hetero) is 1. The smallest absolute Gasteiger partial charge is 0.321 e. The summed E-state index contributed by atoms with van der Waals surface area (Å²) in [5.74, 6) is 0.986. The summed E-state index contributed by atoms with van der Waals surface area (Å²) in [6.07, 6.45) is 12.5. The number of allylic oxidation sites excluding steroid dienone is 4. The van der Waals surface area contributed by atoms with Gasteiger partial charge >= 0.3 is 6.03 Å². The van der Waals surface area contributed by atoms with Gasteiger partial charge in [-0.15, -0.1) is 11.3 Å². The molecule has 9 heteroatoms. The monoisotopic (exact) mass is 724 g/mol.